The monoisotopic (exact) mass is 254 g/mol. The third-order valence-corrected chi connectivity index (χ3v) is 2.77. The summed E-state index contributed by atoms with van der Waals surface area (Å²) in [5.74, 6) is -0.239. The summed E-state index contributed by atoms with van der Waals surface area (Å²) in [5, 5.41) is 0. The number of halogens is 1. The average molecular weight is 254 g/mol. The van der Waals surface area contributed by atoms with Crippen LogP contribution in [-0.2, 0) is 4.74 Å². The van der Waals surface area contributed by atoms with E-state index in [9.17, 15) is 4.39 Å². The van der Waals surface area contributed by atoms with Gasteiger partial charge in [-0.15, -0.1) is 0 Å². The fourth-order valence-electron chi connectivity index (χ4n) is 1.84. The Morgan fingerprint density at radius 1 is 1.33 bits per heavy atom. The Morgan fingerprint density at radius 2 is 2.00 bits per heavy atom. The van der Waals surface area contributed by atoms with Crippen molar-refractivity contribution in [2.45, 2.75) is 32.9 Å². The van der Waals surface area contributed by atoms with Gasteiger partial charge in [0.05, 0.1) is 18.4 Å². The highest BCUT2D eigenvalue weighted by molar-refractivity contribution is 5.55. The topological polar surface area (TPSA) is 38.5 Å². The van der Waals surface area contributed by atoms with Gasteiger partial charge in [0.25, 0.3) is 0 Å². The van der Waals surface area contributed by atoms with Crippen LogP contribution >= 0.6 is 0 Å². The average Bonchev–Trinajstić information content (AvgIpc) is 2.27. The second-order valence-corrected chi connectivity index (χ2v) is 4.81. The maximum absolute atomic E-state index is 13.9. The van der Waals surface area contributed by atoms with Crippen molar-refractivity contribution in [2.75, 3.05) is 25.1 Å². The van der Waals surface area contributed by atoms with Gasteiger partial charge in [0, 0.05) is 19.6 Å². The van der Waals surface area contributed by atoms with Gasteiger partial charge < -0.3 is 15.4 Å². The van der Waals surface area contributed by atoms with E-state index in [1.807, 2.05) is 38.8 Å². The van der Waals surface area contributed by atoms with Gasteiger partial charge in [-0.2, -0.15) is 0 Å². The first-order chi connectivity index (χ1) is 8.43. The second kappa shape index (κ2) is 6.71. The summed E-state index contributed by atoms with van der Waals surface area (Å²) in [7, 11) is 1.86. The van der Waals surface area contributed by atoms with Crippen molar-refractivity contribution in [2.24, 2.45) is 5.73 Å². The molecule has 4 heteroatoms. The molecule has 0 heterocycles. The van der Waals surface area contributed by atoms with Crippen LogP contribution in [0, 0.1) is 5.82 Å². The molecule has 0 aromatic heterocycles. The SMILES string of the molecule is CC(C)OCCN(C)c1c(F)cccc1[C@@H](C)N. The van der Waals surface area contributed by atoms with Gasteiger partial charge >= 0.3 is 0 Å². The lowest BCUT2D eigenvalue weighted by Gasteiger charge is -2.24. The van der Waals surface area contributed by atoms with Crippen LogP contribution in [0.1, 0.15) is 32.4 Å². The summed E-state index contributed by atoms with van der Waals surface area (Å²) in [5.41, 5.74) is 7.26. The molecule has 1 atom stereocenters. The molecule has 1 rings (SSSR count). The highest BCUT2D eigenvalue weighted by atomic mass is 19.1. The van der Waals surface area contributed by atoms with Crippen LogP contribution in [0.4, 0.5) is 10.1 Å². The van der Waals surface area contributed by atoms with E-state index in [4.69, 9.17) is 10.5 Å². The standard InChI is InChI=1S/C14H23FN2O/c1-10(2)18-9-8-17(4)14-12(11(3)16)6-5-7-13(14)15/h5-7,10-11H,8-9,16H2,1-4H3/t11-/m1/s1. The number of benzene rings is 1. The van der Waals surface area contributed by atoms with Gasteiger partial charge in [-0.05, 0) is 32.4 Å². The molecule has 0 amide bonds. The minimum absolute atomic E-state index is 0.187. The van der Waals surface area contributed by atoms with Crippen molar-refractivity contribution in [3.05, 3.63) is 29.6 Å². The van der Waals surface area contributed by atoms with Crippen molar-refractivity contribution in [1.29, 1.82) is 0 Å². The van der Waals surface area contributed by atoms with Gasteiger partial charge in [0.15, 0.2) is 0 Å². The largest absolute Gasteiger partial charge is 0.377 e. The first-order valence-electron chi connectivity index (χ1n) is 6.30. The predicted octanol–water partition coefficient (Wildman–Crippen LogP) is 2.71. The number of para-hydroxylation sites is 1. The van der Waals surface area contributed by atoms with Crippen LogP contribution in [0.5, 0.6) is 0 Å². The molecular formula is C14H23FN2O. The molecule has 18 heavy (non-hydrogen) atoms. The quantitative estimate of drug-likeness (QED) is 0.848. The zero-order valence-corrected chi connectivity index (χ0v) is 11.6. The van der Waals surface area contributed by atoms with Crippen molar-refractivity contribution >= 4 is 5.69 Å². The molecule has 0 saturated heterocycles. The van der Waals surface area contributed by atoms with Crippen molar-refractivity contribution < 1.29 is 9.13 Å². The first-order valence-corrected chi connectivity index (χ1v) is 6.30. The lowest BCUT2D eigenvalue weighted by atomic mass is 10.1. The fourth-order valence-corrected chi connectivity index (χ4v) is 1.84. The molecule has 1 aromatic carbocycles. The highest BCUT2D eigenvalue weighted by Gasteiger charge is 2.15. The van der Waals surface area contributed by atoms with Gasteiger partial charge in [0.2, 0.25) is 0 Å². The maximum atomic E-state index is 13.9. The zero-order chi connectivity index (χ0) is 13.7. The number of rotatable bonds is 6. The molecule has 2 N–H and O–H groups in total. The molecule has 3 nitrogen and oxygen atoms in total. The minimum atomic E-state index is -0.239. The highest BCUT2D eigenvalue weighted by Crippen LogP contribution is 2.27. The Morgan fingerprint density at radius 3 is 2.56 bits per heavy atom. The van der Waals surface area contributed by atoms with Crippen molar-refractivity contribution in [3.63, 3.8) is 0 Å². The number of anilines is 1. The molecule has 0 radical (unpaired) electrons. The molecule has 0 saturated carbocycles. The second-order valence-electron chi connectivity index (χ2n) is 4.81. The Bertz CT molecular complexity index is 380. The summed E-state index contributed by atoms with van der Waals surface area (Å²) in [6.45, 7) is 7.03. The van der Waals surface area contributed by atoms with E-state index >= 15 is 0 Å². The Balaban J connectivity index is 2.80. The molecule has 0 aliphatic rings. The molecule has 0 bridgehead atoms. The van der Waals surface area contributed by atoms with E-state index in [-0.39, 0.29) is 18.0 Å². The van der Waals surface area contributed by atoms with E-state index < -0.39 is 0 Å². The molecule has 0 fully saturated rings. The Hall–Kier alpha value is -1.13. The third kappa shape index (κ3) is 3.96. The minimum Gasteiger partial charge on any atom is -0.377 e. The molecule has 1 aromatic rings. The lowest BCUT2D eigenvalue weighted by molar-refractivity contribution is 0.0845. The Kier molecular flexibility index (Phi) is 5.56. The van der Waals surface area contributed by atoms with E-state index in [0.717, 1.165) is 5.56 Å². The lowest BCUT2D eigenvalue weighted by Crippen LogP contribution is -2.26. The maximum Gasteiger partial charge on any atom is 0.146 e. The summed E-state index contributed by atoms with van der Waals surface area (Å²) >= 11 is 0. The predicted molar refractivity (Wildman–Crippen MR) is 73.4 cm³/mol. The number of hydrogen-bond acceptors (Lipinski definition) is 3. The summed E-state index contributed by atoms with van der Waals surface area (Å²) in [6.07, 6.45) is 0.187. The van der Waals surface area contributed by atoms with Crippen LogP contribution in [-0.4, -0.2) is 26.3 Å². The molecule has 0 unspecified atom stereocenters. The normalized spacial score (nSPS) is 12.8. The summed E-state index contributed by atoms with van der Waals surface area (Å²) in [4.78, 5) is 1.86. The first kappa shape index (κ1) is 14.9. The summed E-state index contributed by atoms with van der Waals surface area (Å²) in [6, 6.07) is 4.82. The number of likely N-dealkylation sites (N-methyl/N-ethyl adjacent to an activating group) is 1. The van der Waals surface area contributed by atoms with Crippen LogP contribution in [0.25, 0.3) is 0 Å². The van der Waals surface area contributed by atoms with Crippen molar-refractivity contribution in [1.82, 2.24) is 0 Å². The number of hydrogen-bond donors (Lipinski definition) is 1. The van der Waals surface area contributed by atoms with Crippen LogP contribution in [0.3, 0.4) is 0 Å². The number of nitrogens with two attached hydrogens (primary N) is 1. The molecule has 0 spiro atoms. The van der Waals surface area contributed by atoms with Crippen LogP contribution < -0.4 is 10.6 Å². The summed E-state index contributed by atoms with van der Waals surface area (Å²) < 4.78 is 19.4. The van der Waals surface area contributed by atoms with Gasteiger partial charge in [-0.3, -0.25) is 0 Å². The third-order valence-electron chi connectivity index (χ3n) is 2.77. The van der Waals surface area contributed by atoms with Crippen molar-refractivity contribution in [3.8, 4) is 0 Å². The fraction of sp³-hybridized carbons (Fsp3) is 0.571. The number of nitrogens with zero attached hydrogens (tertiary/aromatic N) is 1. The molecule has 0 aliphatic heterocycles. The van der Waals surface area contributed by atoms with Gasteiger partial charge in [-0.1, -0.05) is 12.1 Å². The molecule has 102 valence electrons. The van der Waals surface area contributed by atoms with Crippen LogP contribution in [0.2, 0.25) is 0 Å². The van der Waals surface area contributed by atoms with Crippen LogP contribution in [0.15, 0.2) is 18.2 Å². The van der Waals surface area contributed by atoms with Gasteiger partial charge in [0.1, 0.15) is 5.82 Å². The molecule has 0 aliphatic carbocycles. The van der Waals surface area contributed by atoms with E-state index in [1.165, 1.54) is 6.07 Å². The van der Waals surface area contributed by atoms with E-state index in [1.54, 1.807) is 6.07 Å². The Labute approximate surface area is 109 Å². The van der Waals surface area contributed by atoms with E-state index in [2.05, 4.69) is 0 Å². The zero-order valence-electron chi connectivity index (χ0n) is 11.6. The van der Waals surface area contributed by atoms with E-state index in [0.29, 0.717) is 18.8 Å². The van der Waals surface area contributed by atoms with Gasteiger partial charge in [-0.25, -0.2) is 4.39 Å². The molecular weight excluding hydrogens is 231 g/mol. The smallest absolute Gasteiger partial charge is 0.146 e. The number of ether oxygens (including phenoxy) is 1.